The number of amides is 1. The first-order valence-electron chi connectivity index (χ1n) is 5.86. The lowest BCUT2D eigenvalue weighted by molar-refractivity contribution is -0.130. The Morgan fingerprint density at radius 3 is 2.94 bits per heavy atom. The van der Waals surface area contributed by atoms with Gasteiger partial charge in [-0.15, -0.1) is 0 Å². The van der Waals surface area contributed by atoms with Crippen LogP contribution in [0.5, 0.6) is 0 Å². The van der Waals surface area contributed by atoms with E-state index in [2.05, 4.69) is 13.0 Å². The lowest BCUT2D eigenvalue weighted by Gasteiger charge is -2.17. The standard InChI is InChI=1S/C13H18N2O2/c1-3-4-7-15(2)13(16)9-11(10-14)12-6-5-8-17-12/h5-6,8,11H,3-4,7,9H2,1-2H3. The van der Waals surface area contributed by atoms with Crippen LogP contribution in [0.4, 0.5) is 0 Å². The summed E-state index contributed by atoms with van der Waals surface area (Å²) in [6.45, 7) is 2.82. The number of hydrogen-bond acceptors (Lipinski definition) is 3. The minimum atomic E-state index is -0.485. The Bertz CT molecular complexity index is 379. The van der Waals surface area contributed by atoms with Crippen LogP contribution in [0.2, 0.25) is 0 Å². The van der Waals surface area contributed by atoms with Gasteiger partial charge in [-0.1, -0.05) is 13.3 Å². The zero-order valence-electron chi connectivity index (χ0n) is 10.3. The highest BCUT2D eigenvalue weighted by Gasteiger charge is 2.19. The number of carbonyl (C=O) groups excluding carboxylic acids is 1. The molecule has 17 heavy (non-hydrogen) atoms. The molecule has 0 saturated carbocycles. The molecule has 1 aromatic rings. The van der Waals surface area contributed by atoms with Crippen molar-refractivity contribution in [2.45, 2.75) is 32.1 Å². The number of nitriles is 1. The van der Waals surface area contributed by atoms with Crippen molar-refractivity contribution in [3.05, 3.63) is 24.2 Å². The average molecular weight is 234 g/mol. The highest BCUT2D eigenvalue weighted by molar-refractivity contribution is 5.77. The molecule has 1 atom stereocenters. The smallest absolute Gasteiger partial charge is 0.224 e. The Labute approximate surface area is 102 Å². The molecule has 92 valence electrons. The molecule has 0 N–H and O–H groups in total. The Hall–Kier alpha value is -1.76. The van der Waals surface area contributed by atoms with Crippen LogP contribution in [-0.4, -0.2) is 24.4 Å². The number of nitrogens with zero attached hydrogens (tertiary/aromatic N) is 2. The van der Waals surface area contributed by atoms with E-state index in [0.717, 1.165) is 19.4 Å². The fraction of sp³-hybridized carbons (Fsp3) is 0.538. The molecular formula is C13H18N2O2. The van der Waals surface area contributed by atoms with Crippen LogP contribution >= 0.6 is 0 Å². The lowest BCUT2D eigenvalue weighted by Crippen LogP contribution is -2.28. The number of hydrogen-bond donors (Lipinski definition) is 0. The van der Waals surface area contributed by atoms with Crippen LogP contribution < -0.4 is 0 Å². The summed E-state index contributed by atoms with van der Waals surface area (Å²) in [5, 5.41) is 9.02. The molecule has 0 aliphatic carbocycles. The number of carbonyl (C=O) groups is 1. The summed E-state index contributed by atoms with van der Waals surface area (Å²) in [5.41, 5.74) is 0. The van der Waals surface area contributed by atoms with E-state index in [9.17, 15) is 4.79 Å². The predicted molar refractivity (Wildman–Crippen MR) is 64.2 cm³/mol. The fourth-order valence-corrected chi connectivity index (χ4v) is 1.55. The lowest BCUT2D eigenvalue weighted by atomic mass is 10.0. The van der Waals surface area contributed by atoms with Gasteiger partial charge in [-0.3, -0.25) is 4.79 Å². The summed E-state index contributed by atoms with van der Waals surface area (Å²) in [5.74, 6) is 0.0627. The van der Waals surface area contributed by atoms with Crippen molar-refractivity contribution >= 4 is 5.91 Å². The molecule has 0 saturated heterocycles. The monoisotopic (exact) mass is 234 g/mol. The molecule has 0 aliphatic heterocycles. The van der Waals surface area contributed by atoms with E-state index in [1.165, 1.54) is 6.26 Å². The van der Waals surface area contributed by atoms with E-state index in [1.54, 1.807) is 24.1 Å². The van der Waals surface area contributed by atoms with Crippen molar-refractivity contribution in [2.75, 3.05) is 13.6 Å². The van der Waals surface area contributed by atoms with Crippen LogP contribution in [0, 0.1) is 11.3 Å². The van der Waals surface area contributed by atoms with E-state index in [4.69, 9.17) is 9.68 Å². The minimum Gasteiger partial charge on any atom is -0.468 e. The molecule has 0 aliphatic rings. The Balaban J connectivity index is 2.52. The highest BCUT2D eigenvalue weighted by Crippen LogP contribution is 2.20. The van der Waals surface area contributed by atoms with Crippen LogP contribution in [0.15, 0.2) is 22.8 Å². The third-order valence-electron chi connectivity index (χ3n) is 2.69. The van der Waals surface area contributed by atoms with Gasteiger partial charge in [0.25, 0.3) is 0 Å². The second kappa shape index (κ2) is 6.74. The first kappa shape index (κ1) is 13.3. The second-order valence-corrected chi connectivity index (χ2v) is 4.07. The van der Waals surface area contributed by atoms with Crippen molar-refractivity contribution in [1.82, 2.24) is 4.90 Å². The van der Waals surface area contributed by atoms with Crippen molar-refractivity contribution in [3.63, 3.8) is 0 Å². The van der Waals surface area contributed by atoms with E-state index in [-0.39, 0.29) is 12.3 Å². The van der Waals surface area contributed by atoms with E-state index in [0.29, 0.717) is 5.76 Å². The minimum absolute atomic E-state index is 0.0126. The Kier molecular flexibility index (Phi) is 5.28. The Morgan fingerprint density at radius 1 is 1.65 bits per heavy atom. The summed E-state index contributed by atoms with van der Waals surface area (Å²) in [4.78, 5) is 13.5. The molecule has 0 fully saturated rings. The summed E-state index contributed by atoms with van der Waals surface area (Å²) in [7, 11) is 1.77. The largest absolute Gasteiger partial charge is 0.468 e. The van der Waals surface area contributed by atoms with Crippen LogP contribution in [0.3, 0.4) is 0 Å². The molecule has 1 heterocycles. The Morgan fingerprint density at radius 2 is 2.41 bits per heavy atom. The van der Waals surface area contributed by atoms with Gasteiger partial charge in [0.2, 0.25) is 5.91 Å². The number of unbranched alkanes of at least 4 members (excludes halogenated alkanes) is 1. The zero-order chi connectivity index (χ0) is 12.7. The third kappa shape index (κ3) is 3.95. The fourth-order valence-electron chi connectivity index (χ4n) is 1.55. The molecule has 1 rings (SSSR count). The van der Waals surface area contributed by atoms with Gasteiger partial charge in [-0.05, 0) is 18.6 Å². The molecular weight excluding hydrogens is 216 g/mol. The second-order valence-electron chi connectivity index (χ2n) is 4.07. The molecule has 0 radical (unpaired) electrons. The summed E-state index contributed by atoms with van der Waals surface area (Å²) in [6, 6.07) is 5.56. The summed E-state index contributed by atoms with van der Waals surface area (Å²) < 4.78 is 5.16. The van der Waals surface area contributed by atoms with E-state index in [1.807, 2.05) is 0 Å². The zero-order valence-corrected chi connectivity index (χ0v) is 10.3. The van der Waals surface area contributed by atoms with Gasteiger partial charge in [0.05, 0.1) is 12.3 Å². The van der Waals surface area contributed by atoms with E-state index < -0.39 is 5.92 Å². The number of furan rings is 1. The highest BCUT2D eigenvalue weighted by atomic mass is 16.3. The van der Waals surface area contributed by atoms with Crippen LogP contribution in [-0.2, 0) is 4.79 Å². The van der Waals surface area contributed by atoms with Gasteiger partial charge in [0.1, 0.15) is 11.7 Å². The predicted octanol–water partition coefficient (Wildman–Crippen LogP) is 2.54. The third-order valence-corrected chi connectivity index (χ3v) is 2.69. The van der Waals surface area contributed by atoms with Crippen LogP contribution in [0.25, 0.3) is 0 Å². The summed E-state index contributed by atoms with van der Waals surface area (Å²) in [6.07, 6.45) is 3.74. The molecule has 4 nitrogen and oxygen atoms in total. The molecule has 4 heteroatoms. The quantitative estimate of drug-likeness (QED) is 0.760. The van der Waals surface area contributed by atoms with Gasteiger partial charge < -0.3 is 9.32 Å². The summed E-state index contributed by atoms with van der Waals surface area (Å²) >= 11 is 0. The van der Waals surface area contributed by atoms with Crippen LogP contribution in [0.1, 0.15) is 37.9 Å². The van der Waals surface area contributed by atoms with Gasteiger partial charge >= 0.3 is 0 Å². The molecule has 0 aromatic carbocycles. The van der Waals surface area contributed by atoms with Gasteiger partial charge in [0, 0.05) is 20.0 Å². The molecule has 1 amide bonds. The molecule has 1 aromatic heterocycles. The maximum absolute atomic E-state index is 11.8. The van der Waals surface area contributed by atoms with Crippen molar-refractivity contribution in [2.24, 2.45) is 0 Å². The van der Waals surface area contributed by atoms with Crippen molar-refractivity contribution in [1.29, 1.82) is 5.26 Å². The maximum atomic E-state index is 11.8. The number of rotatable bonds is 6. The van der Waals surface area contributed by atoms with Crippen molar-refractivity contribution < 1.29 is 9.21 Å². The average Bonchev–Trinajstić information content (AvgIpc) is 2.86. The molecule has 0 bridgehead atoms. The van der Waals surface area contributed by atoms with Crippen molar-refractivity contribution in [3.8, 4) is 6.07 Å². The first-order chi connectivity index (χ1) is 8.19. The topological polar surface area (TPSA) is 57.2 Å². The van der Waals surface area contributed by atoms with E-state index >= 15 is 0 Å². The van der Waals surface area contributed by atoms with Gasteiger partial charge in [-0.2, -0.15) is 5.26 Å². The first-order valence-corrected chi connectivity index (χ1v) is 5.86. The molecule has 0 spiro atoms. The van der Waals surface area contributed by atoms with Gasteiger partial charge in [0.15, 0.2) is 0 Å². The maximum Gasteiger partial charge on any atom is 0.224 e. The normalized spacial score (nSPS) is 11.8. The van der Waals surface area contributed by atoms with Gasteiger partial charge in [-0.25, -0.2) is 0 Å². The molecule has 1 unspecified atom stereocenters. The SMILES string of the molecule is CCCCN(C)C(=O)CC(C#N)c1ccco1.